The van der Waals surface area contributed by atoms with Gasteiger partial charge in [-0.05, 0) is 36.4 Å². The van der Waals surface area contributed by atoms with Gasteiger partial charge >= 0.3 is 17.9 Å². The molecular formula is C27H24O9. The molecule has 2 N–H and O–H groups in total. The first-order valence-corrected chi connectivity index (χ1v) is 11.2. The first-order chi connectivity index (χ1) is 17.4. The maximum absolute atomic E-state index is 12.7. The van der Waals surface area contributed by atoms with Gasteiger partial charge in [-0.25, -0.2) is 14.4 Å². The molecule has 1 heterocycles. The fraction of sp³-hybridized carbons (Fsp3) is 0.222. The van der Waals surface area contributed by atoms with Crippen LogP contribution in [0.15, 0.2) is 91.0 Å². The highest BCUT2D eigenvalue weighted by Crippen LogP contribution is 2.27. The van der Waals surface area contributed by atoms with Crippen molar-refractivity contribution in [3.8, 4) is 0 Å². The molecule has 5 atom stereocenters. The highest BCUT2D eigenvalue weighted by molar-refractivity contribution is 5.90. The molecule has 0 bridgehead atoms. The summed E-state index contributed by atoms with van der Waals surface area (Å²) in [6.45, 7) is -0.454. The number of benzene rings is 3. The molecule has 1 aliphatic rings. The van der Waals surface area contributed by atoms with E-state index in [-0.39, 0.29) is 16.7 Å². The third kappa shape index (κ3) is 5.95. The lowest BCUT2D eigenvalue weighted by Gasteiger charge is -2.41. The van der Waals surface area contributed by atoms with Crippen LogP contribution in [-0.4, -0.2) is 65.4 Å². The van der Waals surface area contributed by atoms with Crippen molar-refractivity contribution in [2.24, 2.45) is 0 Å². The van der Waals surface area contributed by atoms with Crippen LogP contribution in [0.3, 0.4) is 0 Å². The van der Waals surface area contributed by atoms with E-state index in [0.29, 0.717) is 0 Å². The fourth-order valence-electron chi connectivity index (χ4n) is 3.65. The van der Waals surface area contributed by atoms with E-state index in [2.05, 4.69) is 0 Å². The number of esters is 3. The van der Waals surface area contributed by atoms with Crippen LogP contribution in [0.4, 0.5) is 0 Å². The van der Waals surface area contributed by atoms with Gasteiger partial charge in [0.2, 0.25) is 0 Å². The van der Waals surface area contributed by atoms with Gasteiger partial charge in [0.25, 0.3) is 0 Å². The Bertz CT molecular complexity index is 1170. The van der Waals surface area contributed by atoms with Crippen molar-refractivity contribution in [1.29, 1.82) is 0 Å². The second-order valence-corrected chi connectivity index (χ2v) is 7.99. The van der Waals surface area contributed by atoms with Gasteiger partial charge < -0.3 is 29.2 Å². The maximum Gasteiger partial charge on any atom is 0.338 e. The minimum atomic E-state index is -1.78. The Morgan fingerprint density at radius 3 is 1.53 bits per heavy atom. The third-order valence-corrected chi connectivity index (χ3v) is 5.53. The van der Waals surface area contributed by atoms with E-state index in [1.807, 2.05) is 0 Å². The molecule has 0 amide bonds. The fourth-order valence-corrected chi connectivity index (χ4v) is 3.65. The van der Waals surface area contributed by atoms with Gasteiger partial charge in [-0.3, -0.25) is 0 Å². The normalized spacial score (nSPS) is 23.3. The monoisotopic (exact) mass is 492 g/mol. The molecule has 1 fully saturated rings. The second-order valence-electron chi connectivity index (χ2n) is 7.99. The molecule has 1 saturated heterocycles. The van der Waals surface area contributed by atoms with E-state index in [1.165, 1.54) is 24.3 Å². The zero-order valence-corrected chi connectivity index (χ0v) is 19.0. The van der Waals surface area contributed by atoms with Gasteiger partial charge in [0, 0.05) is 0 Å². The number of aliphatic hydroxyl groups excluding tert-OH is 2. The predicted molar refractivity (Wildman–Crippen MR) is 125 cm³/mol. The molecule has 0 aromatic heterocycles. The Labute approximate surface area is 206 Å². The molecule has 0 radical (unpaired) electrons. The van der Waals surface area contributed by atoms with E-state index in [9.17, 15) is 24.6 Å². The summed E-state index contributed by atoms with van der Waals surface area (Å²) in [4.78, 5) is 37.7. The summed E-state index contributed by atoms with van der Waals surface area (Å²) >= 11 is 0. The number of aliphatic hydroxyl groups is 2. The van der Waals surface area contributed by atoms with E-state index in [1.54, 1.807) is 66.7 Å². The number of ether oxygens (including phenoxy) is 4. The van der Waals surface area contributed by atoms with Crippen molar-refractivity contribution in [2.45, 2.75) is 30.7 Å². The molecule has 4 rings (SSSR count). The van der Waals surface area contributed by atoms with Crippen molar-refractivity contribution in [1.82, 2.24) is 0 Å². The summed E-state index contributed by atoms with van der Waals surface area (Å²) < 4.78 is 21.5. The van der Waals surface area contributed by atoms with E-state index < -0.39 is 55.2 Å². The minimum Gasteiger partial charge on any atom is -0.459 e. The van der Waals surface area contributed by atoms with Gasteiger partial charge in [-0.2, -0.15) is 0 Å². The van der Waals surface area contributed by atoms with E-state index in [0.717, 1.165) is 0 Å². The molecule has 3 aromatic carbocycles. The molecule has 0 saturated carbocycles. The number of carbonyl (C=O) groups is 3. The summed E-state index contributed by atoms with van der Waals surface area (Å²) in [6.07, 6.45) is -7.72. The molecule has 0 spiro atoms. The molecule has 9 heteroatoms. The smallest absolute Gasteiger partial charge is 0.338 e. The predicted octanol–water partition coefficient (Wildman–Crippen LogP) is 2.37. The molecule has 0 aliphatic carbocycles. The van der Waals surface area contributed by atoms with Crippen LogP contribution >= 0.6 is 0 Å². The van der Waals surface area contributed by atoms with Gasteiger partial charge in [0.1, 0.15) is 18.8 Å². The van der Waals surface area contributed by atoms with Crippen LogP contribution in [0, 0.1) is 0 Å². The van der Waals surface area contributed by atoms with Crippen molar-refractivity contribution < 1.29 is 43.5 Å². The Morgan fingerprint density at radius 2 is 1.06 bits per heavy atom. The van der Waals surface area contributed by atoms with Crippen LogP contribution in [0.5, 0.6) is 0 Å². The van der Waals surface area contributed by atoms with Crippen LogP contribution in [0.1, 0.15) is 31.1 Å². The minimum absolute atomic E-state index is 0.186. The van der Waals surface area contributed by atoms with Crippen molar-refractivity contribution in [3.05, 3.63) is 108 Å². The van der Waals surface area contributed by atoms with Crippen LogP contribution in [0.25, 0.3) is 0 Å². The summed E-state index contributed by atoms with van der Waals surface area (Å²) in [5.74, 6) is -2.30. The Morgan fingerprint density at radius 1 is 0.639 bits per heavy atom. The highest BCUT2D eigenvalue weighted by atomic mass is 16.7. The number of rotatable bonds is 7. The summed E-state index contributed by atoms with van der Waals surface area (Å²) in [6, 6.07) is 24.1. The molecule has 3 unspecified atom stereocenters. The summed E-state index contributed by atoms with van der Waals surface area (Å²) in [5, 5.41) is 21.6. The molecule has 36 heavy (non-hydrogen) atoms. The van der Waals surface area contributed by atoms with E-state index in [4.69, 9.17) is 18.9 Å². The quantitative estimate of drug-likeness (QED) is 0.377. The Hall–Kier alpha value is -4.05. The second kappa shape index (κ2) is 11.6. The van der Waals surface area contributed by atoms with Gasteiger partial charge in [0.15, 0.2) is 18.5 Å². The van der Waals surface area contributed by atoms with Crippen LogP contribution in [-0.2, 0) is 18.9 Å². The average molecular weight is 492 g/mol. The van der Waals surface area contributed by atoms with Crippen LogP contribution in [0.2, 0.25) is 0 Å². The lowest BCUT2D eigenvalue weighted by atomic mass is 9.98. The highest BCUT2D eigenvalue weighted by Gasteiger charge is 2.50. The zero-order chi connectivity index (χ0) is 25.5. The van der Waals surface area contributed by atoms with Gasteiger partial charge in [0.05, 0.1) is 16.7 Å². The van der Waals surface area contributed by atoms with Crippen molar-refractivity contribution in [3.63, 3.8) is 0 Å². The standard InChI is InChI=1S/C27H24O9/c28-21-20(16-33-24(29)17-10-4-1-5-11-17)34-27(32)23(36-26(31)19-14-8-3-9-15-19)22(21)35-25(30)18-12-6-2-7-13-18/h1-15,20-23,27-28,32H,16H2/t20?,21-,22?,23?,27+/m1/s1. The first kappa shape index (κ1) is 25.1. The SMILES string of the molecule is O=C(OCC1O[C@H](O)C(OC(=O)c2ccccc2)C(OC(=O)c2ccccc2)[C@@H]1O)c1ccccc1. The maximum atomic E-state index is 12.7. The first-order valence-electron chi connectivity index (χ1n) is 11.2. The number of hydrogen-bond acceptors (Lipinski definition) is 9. The molecule has 3 aromatic rings. The number of carbonyl (C=O) groups excluding carboxylic acids is 3. The van der Waals surface area contributed by atoms with Gasteiger partial charge in [-0.1, -0.05) is 54.6 Å². The van der Waals surface area contributed by atoms with Gasteiger partial charge in [-0.15, -0.1) is 0 Å². The number of hydrogen-bond donors (Lipinski definition) is 2. The molecular weight excluding hydrogens is 468 g/mol. The Kier molecular flexibility index (Phi) is 8.06. The van der Waals surface area contributed by atoms with Crippen molar-refractivity contribution >= 4 is 17.9 Å². The lowest BCUT2D eigenvalue weighted by Crippen LogP contribution is -2.61. The van der Waals surface area contributed by atoms with Crippen LogP contribution < -0.4 is 0 Å². The third-order valence-electron chi connectivity index (χ3n) is 5.53. The summed E-state index contributed by atoms with van der Waals surface area (Å²) in [7, 11) is 0. The lowest BCUT2D eigenvalue weighted by molar-refractivity contribution is -0.284. The van der Waals surface area contributed by atoms with E-state index >= 15 is 0 Å². The molecule has 9 nitrogen and oxygen atoms in total. The average Bonchev–Trinajstić information content (AvgIpc) is 2.92. The molecule has 1 aliphatic heterocycles. The largest absolute Gasteiger partial charge is 0.459 e. The molecule has 186 valence electrons. The summed E-state index contributed by atoms with van der Waals surface area (Å²) in [5.41, 5.74) is 0.655. The Balaban J connectivity index is 1.52. The topological polar surface area (TPSA) is 129 Å². The van der Waals surface area contributed by atoms with Crippen molar-refractivity contribution in [2.75, 3.05) is 6.61 Å². The zero-order valence-electron chi connectivity index (χ0n) is 19.0.